The lowest BCUT2D eigenvalue weighted by Gasteiger charge is -2.01. The summed E-state index contributed by atoms with van der Waals surface area (Å²) in [5.74, 6) is -0.629. The third kappa shape index (κ3) is 2.83. The predicted molar refractivity (Wildman–Crippen MR) is 97.3 cm³/mol. The molecule has 0 fully saturated rings. The first kappa shape index (κ1) is 16.7. The summed E-state index contributed by atoms with van der Waals surface area (Å²) < 4.78 is 2.42. The molecule has 2 aromatic carbocycles. The second-order valence-electron chi connectivity index (χ2n) is 5.36. The van der Waals surface area contributed by atoms with Crippen LogP contribution < -0.4 is 0 Å². The number of hydrogen-bond acceptors (Lipinski definition) is 3. The van der Waals surface area contributed by atoms with E-state index in [1.54, 1.807) is 35.9 Å². The third-order valence-corrected chi connectivity index (χ3v) is 4.61. The van der Waals surface area contributed by atoms with Crippen molar-refractivity contribution >= 4 is 50.0 Å². The molecular formula is C17H13BrClN3O2. The highest BCUT2D eigenvalue weighted by molar-refractivity contribution is 9.10. The van der Waals surface area contributed by atoms with Crippen LogP contribution in [0.3, 0.4) is 0 Å². The minimum Gasteiger partial charge on any atom is -0.493 e. The smallest absolute Gasteiger partial charge is 0.296 e. The molecule has 24 heavy (non-hydrogen) atoms. The van der Waals surface area contributed by atoms with Gasteiger partial charge in [-0.3, -0.25) is 4.79 Å². The molecule has 1 aromatic heterocycles. The van der Waals surface area contributed by atoms with Gasteiger partial charge in [-0.05, 0) is 52.7 Å². The van der Waals surface area contributed by atoms with Crippen LogP contribution in [-0.4, -0.2) is 15.6 Å². The average molecular weight is 407 g/mol. The Bertz CT molecular complexity index is 995. The van der Waals surface area contributed by atoms with Crippen molar-refractivity contribution in [3.63, 3.8) is 0 Å². The zero-order valence-corrected chi connectivity index (χ0v) is 15.3. The maximum absolute atomic E-state index is 12.2. The Morgan fingerprint density at radius 3 is 2.71 bits per heavy atom. The Morgan fingerprint density at radius 2 is 2.00 bits per heavy atom. The van der Waals surface area contributed by atoms with Gasteiger partial charge in [0.05, 0.1) is 16.1 Å². The Labute approximate surface area is 151 Å². The predicted octanol–water partition coefficient (Wildman–Crippen LogP) is 5.53. The first-order valence-electron chi connectivity index (χ1n) is 7.08. The Kier molecular flexibility index (Phi) is 4.43. The number of aromatic hydroxyl groups is 1. The van der Waals surface area contributed by atoms with Crippen molar-refractivity contribution in [2.45, 2.75) is 6.92 Å². The minimum atomic E-state index is -0.566. The molecule has 0 bridgehead atoms. The molecule has 0 saturated heterocycles. The standard InChI is InChI=1S/C17H13BrClN3O2/c1-9-7-11-14(17(24)22(2)15(11)12(18)8-9)20-21-16(23)10-5-3-4-6-13(10)19/h3-8,24H,1-2H3. The second kappa shape index (κ2) is 6.37. The van der Waals surface area contributed by atoms with E-state index in [-0.39, 0.29) is 17.1 Å². The van der Waals surface area contributed by atoms with Crippen molar-refractivity contribution < 1.29 is 9.90 Å². The Hall–Kier alpha value is -2.18. The van der Waals surface area contributed by atoms with Gasteiger partial charge < -0.3 is 9.67 Å². The molecule has 0 unspecified atom stereocenters. The Morgan fingerprint density at radius 1 is 1.29 bits per heavy atom. The van der Waals surface area contributed by atoms with Gasteiger partial charge in [0.1, 0.15) is 0 Å². The van der Waals surface area contributed by atoms with Gasteiger partial charge in [0, 0.05) is 16.9 Å². The number of azo groups is 1. The quantitative estimate of drug-likeness (QED) is 0.568. The molecule has 0 atom stereocenters. The number of carbonyl (C=O) groups is 1. The van der Waals surface area contributed by atoms with Crippen molar-refractivity contribution in [3.8, 4) is 5.88 Å². The number of amides is 1. The zero-order valence-electron chi connectivity index (χ0n) is 12.9. The fourth-order valence-electron chi connectivity index (χ4n) is 2.52. The van der Waals surface area contributed by atoms with E-state index in [9.17, 15) is 9.90 Å². The second-order valence-corrected chi connectivity index (χ2v) is 6.62. The molecule has 3 aromatic rings. The van der Waals surface area contributed by atoms with E-state index in [1.165, 1.54) is 0 Å². The van der Waals surface area contributed by atoms with Crippen LogP contribution in [0.2, 0.25) is 5.02 Å². The molecule has 0 aliphatic carbocycles. The molecule has 5 nitrogen and oxygen atoms in total. The summed E-state index contributed by atoms with van der Waals surface area (Å²) in [6, 6.07) is 10.4. The summed E-state index contributed by atoms with van der Waals surface area (Å²) in [4.78, 5) is 12.2. The maximum atomic E-state index is 12.2. The van der Waals surface area contributed by atoms with Crippen LogP contribution in [0, 0.1) is 6.92 Å². The van der Waals surface area contributed by atoms with Crippen LogP contribution in [0.1, 0.15) is 15.9 Å². The molecule has 0 saturated carbocycles. The van der Waals surface area contributed by atoms with Crippen molar-refractivity contribution in [3.05, 3.63) is 57.0 Å². The number of benzene rings is 2. The van der Waals surface area contributed by atoms with E-state index in [4.69, 9.17) is 11.6 Å². The average Bonchev–Trinajstić information content (AvgIpc) is 2.77. The number of hydrogen-bond donors (Lipinski definition) is 1. The van der Waals surface area contributed by atoms with Gasteiger partial charge in [-0.15, -0.1) is 10.2 Å². The molecule has 1 heterocycles. The number of carbonyl (C=O) groups excluding carboxylic acids is 1. The molecule has 0 aliphatic rings. The van der Waals surface area contributed by atoms with Crippen LogP contribution in [0.4, 0.5) is 5.69 Å². The van der Waals surface area contributed by atoms with E-state index >= 15 is 0 Å². The molecule has 7 heteroatoms. The lowest BCUT2D eigenvalue weighted by atomic mass is 10.1. The van der Waals surface area contributed by atoms with Gasteiger partial charge in [-0.25, -0.2) is 0 Å². The summed E-state index contributed by atoms with van der Waals surface area (Å²) in [7, 11) is 1.71. The van der Waals surface area contributed by atoms with E-state index in [1.807, 2.05) is 19.1 Å². The maximum Gasteiger partial charge on any atom is 0.296 e. The van der Waals surface area contributed by atoms with Crippen LogP contribution in [0.5, 0.6) is 5.88 Å². The SMILES string of the molecule is Cc1cc(Br)c2c(c1)c(N=NC(=O)c1ccccc1Cl)c(O)n2C. The van der Waals surface area contributed by atoms with Gasteiger partial charge in [0.25, 0.3) is 5.91 Å². The number of aryl methyl sites for hydroxylation is 2. The summed E-state index contributed by atoms with van der Waals surface area (Å²) in [6.45, 7) is 1.93. The largest absolute Gasteiger partial charge is 0.493 e. The number of fused-ring (bicyclic) bond motifs is 1. The highest BCUT2D eigenvalue weighted by Gasteiger charge is 2.18. The van der Waals surface area contributed by atoms with Crippen LogP contribution in [0.15, 0.2) is 51.1 Å². The summed E-state index contributed by atoms with van der Waals surface area (Å²) in [5.41, 5.74) is 2.28. The summed E-state index contributed by atoms with van der Waals surface area (Å²) in [6.07, 6.45) is 0. The van der Waals surface area contributed by atoms with Crippen molar-refractivity contribution in [2.24, 2.45) is 17.3 Å². The molecular weight excluding hydrogens is 394 g/mol. The van der Waals surface area contributed by atoms with E-state index < -0.39 is 5.91 Å². The van der Waals surface area contributed by atoms with Crippen molar-refractivity contribution in [2.75, 3.05) is 0 Å². The van der Waals surface area contributed by atoms with E-state index in [0.717, 1.165) is 15.6 Å². The van der Waals surface area contributed by atoms with Gasteiger partial charge in [0.2, 0.25) is 5.88 Å². The molecule has 1 amide bonds. The van der Waals surface area contributed by atoms with Crippen LogP contribution >= 0.6 is 27.5 Å². The van der Waals surface area contributed by atoms with Gasteiger partial charge in [-0.1, -0.05) is 23.7 Å². The highest BCUT2D eigenvalue weighted by atomic mass is 79.9. The normalized spacial score (nSPS) is 11.5. The monoisotopic (exact) mass is 405 g/mol. The molecule has 1 N–H and O–H groups in total. The first-order valence-corrected chi connectivity index (χ1v) is 8.25. The number of aromatic nitrogens is 1. The lowest BCUT2D eigenvalue weighted by molar-refractivity contribution is 0.0995. The number of nitrogens with zero attached hydrogens (tertiary/aromatic N) is 3. The van der Waals surface area contributed by atoms with Crippen molar-refractivity contribution in [1.29, 1.82) is 0 Å². The number of halogens is 2. The minimum absolute atomic E-state index is 0.0630. The molecule has 3 rings (SSSR count). The zero-order chi connectivity index (χ0) is 17.4. The van der Waals surface area contributed by atoms with Gasteiger partial charge >= 0.3 is 0 Å². The molecule has 122 valence electrons. The molecule has 0 spiro atoms. The van der Waals surface area contributed by atoms with Gasteiger partial charge in [0.15, 0.2) is 5.69 Å². The third-order valence-electron chi connectivity index (χ3n) is 3.67. The fraction of sp³-hybridized carbons (Fsp3) is 0.118. The van der Waals surface area contributed by atoms with Crippen LogP contribution in [0.25, 0.3) is 10.9 Å². The van der Waals surface area contributed by atoms with Gasteiger partial charge in [-0.2, -0.15) is 0 Å². The van der Waals surface area contributed by atoms with E-state index in [0.29, 0.717) is 10.4 Å². The molecule has 0 radical (unpaired) electrons. The summed E-state index contributed by atoms with van der Waals surface area (Å²) in [5, 5.41) is 19.0. The van der Waals surface area contributed by atoms with Crippen molar-refractivity contribution in [1.82, 2.24) is 4.57 Å². The Balaban J connectivity index is 2.09. The topological polar surface area (TPSA) is 66.9 Å². The highest BCUT2D eigenvalue weighted by Crippen LogP contribution is 2.41. The summed E-state index contributed by atoms with van der Waals surface area (Å²) >= 11 is 9.47. The lowest BCUT2D eigenvalue weighted by Crippen LogP contribution is -1.94. The fourth-order valence-corrected chi connectivity index (χ4v) is 3.58. The van der Waals surface area contributed by atoms with Crippen LogP contribution in [-0.2, 0) is 7.05 Å². The molecule has 0 aliphatic heterocycles. The van der Waals surface area contributed by atoms with E-state index in [2.05, 4.69) is 26.2 Å². The number of rotatable bonds is 2. The first-order chi connectivity index (χ1) is 11.4.